The van der Waals surface area contributed by atoms with Crippen LogP contribution >= 0.6 is 0 Å². The molecule has 0 aromatic heterocycles. The van der Waals surface area contributed by atoms with Crippen molar-refractivity contribution in [3.05, 3.63) is 95.6 Å². The van der Waals surface area contributed by atoms with E-state index in [1.165, 1.54) is 0 Å². The monoisotopic (exact) mass is 552 g/mol. The number of anilines is 1. The van der Waals surface area contributed by atoms with Crippen molar-refractivity contribution in [1.82, 2.24) is 4.90 Å². The minimum Gasteiger partial charge on any atom is -0.395 e. The largest absolute Gasteiger partial charge is 0.395 e. The molecule has 2 fully saturated rings. The normalized spacial score (nSPS) is 26.0. The van der Waals surface area contributed by atoms with Gasteiger partial charge in [0.1, 0.15) is 0 Å². The lowest BCUT2D eigenvalue weighted by Gasteiger charge is -2.43. The summed E-state index contributed by atoms with van der Waals surface area (Å²) in [5, 5.41) is 19.3. The maximum Gasteiger partial charge on any atom is 0.261 e. The summed E-state index contributed by atoms with van der Waals surface area (Å²) in [4.78, 5) is 2.48. The average Bonchev–Trinajstić information content (AvgIpc) is 3.42. The van der Waals surface area contributed by atoms with Gasteiger partial charge in [-0.05, 0) is 54.8 Å². The van der Waals surface area contributed by atoms with E-state index in [9.17, 15) is 18.6 Å². The molecule has 208 valence electrons. The summed E-state index contributed by atoms with van der Waals surface area (Å²) in [5.74, 6) is 0.0148. The molecular formula is C30H36N2O6S. The smallest absolute Gasteiger partial charge is 0.261 e. The standard InChI is InChI=1S/C30H36N2O6S/c1-21-28(18-32-16-6-9-26(32)20-34)37-30(38-29(21)23-14-12-22(19-33)13-15-23)24-7-5-8-25(17-24)31-39(35,36)27-10-3-2-4-11-27/h2-5,7-8,10-15,17,21,26,28-31,33-34H,6,9,16,18-20H2,1H3/t21-,26-,28+,29+,30?/m0/s1. The second kappa shape index (κ2) is 12.2. The van der Waals surface area contributed by atoms with Gasteiger partial charge in [-0.2, -0.15) is 0 Å². The van der Waals surface area contributed by atoms with Crippen molar-refractivity contribution in [2.24, 2.45) is 5.92 Å². The van der Waals surface area contributed by atoms with Gasteiger partial charge in [0.2, 0.25) is 0 Å². The van der Waals surface area contributed by atoms with Gasteiger partial charge < -0.3 is 19.7 Å². The van der Waals surface area contributed by atoms with Gasteiger partial charge in [0.05, 0.1) is 30.3 Å². The fourth-order valence-electron chi connectivity index (χ4n) is 5.46. The highest BCUT2D eigenvalue weighted by atomic mass is 32.2. The van der Waals surface area contributed by atoms with Crippen molar-refractivity contribution < 1.29 is 28.1 Å². The van der Waals surface area contributed by atoms with Crippen molar-refractivity contribution in [3.8, 4) is 0 Å². The number of nitrogens with one attached hydrogen (secondary N) is 1. The van der Waals surface area contributed by atoms with E-state index in [1.807, 2.05) is 30.3 Å². The molecule has 3 aromatic rings. The number of hydrogen-bond acceptors (Lipinski definition) is 7. The van der Waals surface area contributed by atoms with Crippen LogP contribution < -0.4 is 4.72 Å². The minimum absolute atomic E-state index is 0.0148. The molecule has 3 N–H and O–H groups in total. The summed E-state index contributed by atoms with van der Waals surface area (Å²) in [5.41, 5.74) is 2.94. The number of ether oxygens (including phenoxy) is 2. The molecule has 2 aliphatic rings. The molecule has 0 aliphatic carbocycles. The predicted molar refractivity (Wildman–Crippen MR) is 148 cm³/mol. The van der Waals surface area contributed by atoms with Crippen molar-refractivity contribution in [3.63, 3.8) is 0 Å². The van der Waals surface area contributed by atoms with Crippen molar-refractivity contribution in [2.75, 3.05) is 24.4 Å². The Morgan fingerprint density at radius 1 is 0.949 bits per heavy atom. The van der Waals surface area contributed by atoms with Gasteiger partial charge in [0, 0.05) is 29.8 Å². The van der Waals surface area contributed by atoms with Crippen LogP contribution in [0.15, 0.2) is 83.8 Å². The van der Waals surface area contributed by atoms with E-state index < -0.39 is 16.3 Å². The molecule has 5 rings (SSSR count). The number of aliphatic hydroxyl groups is 2. The topological polar surface area (TPSA) is 108 Å². The molecule has 0 bridgehead atoms. The van der Waals surface area contributed by atoms with Crippen LogP contribution in [0.2, 0.25) is 0 Å². The molecule has 39 heavy (non-hydrogen) atoms. The van der Waals surface area contributed by atoms with Crippen LogP contribution in [-0.2, 0) is 26.1 Å². The molecule has 1 unspecified atom stereocenters. The second-order valence-electron chi connectivity index (χ2n) is 10.3. The number of sulfonamides is 1. The number of rotatable bonds is 9. The Balaban J connectivity index is 1.42. The quantitative estimate of drug-likeness (QED) is 0.365. The second-order valence-corrected chi connectivity index (χ2v) is 12.0. The predicted octanol–water partition coefficient (Wildman–Crippen LogP) is 4.23. The summed E-state index contributed by atoms with van der Waals surface area (Å²) in [6, 6.07) is 23.2. The Labute approximate surface area is 230 Å². The zero-order chi connectivity index (χ0) is 27.4. The summed E-state index contributed by atoms with van der Waals surface area (Å²) in [7, 11) is -3.75. The van der Waals surface area contributed by atoms with Crippen LogP contribution in [0.4, 0.5) is 5.69 Å². The first-order valence-corrected chi connectivity index (χ1v) is 14.9. The number of aliphatic hydroxyl groups excluding tert-OH is 2. The van der Waals surface area contributed by atoms with Gasteiger partial charge in [-0.25, -0.2) is 8.42 Å². The van der Waals surface area contributed by atoms with Gasteiger partial charge in [-0.3, -0.25) is 9.62 Å². The maximum atomic E-state index is 12.9. The van der Waals surface area contributed by atoms with E-state index in [-0.39, 0.29) is 42.3 Å². The molecule has 2 saturated heterocycles. The highest BCUT2D eigenvalue weighted by Gasteiger charge is 2.40. The first kappa shape index (κ1) is 27.8. The van der Waals surface area contributed by atoms with Gasteiger partial charge in [0.15, 0.2) is 6.29 Å². The van der Waals surface area contributed by atoms with Gasteiger partial charge in [-0.15, -0.1) is 0 Å². The fourth-order valence-corrected chi connectivity index (χ4v) is 6.53. The van der Waals surface area contributed by atoms with Crippen LogP contribution in [0.1, 0.15) is 48.8 Å². The van der Waals surface area contributed by atoms with E-state index in [0.717, 1.165) is 30.5 Å². The van der Waals surface area contributed by atoms with E-state index in [2.05, 4.69) is 16.5 Å². The lowest BCUT2D eigenvalue weighted by molar-refractivity contribution is -0.276. The van der Waals surface area contributed by atoms with Crippen LogP contribution in [0.25, 0.3) is 0 Å². The Hall–Kier alpha value is -2.79. The van der Waals surface area contributed by atoms with Crippen LogP contribution in [-0.4, -0.2) is 55.4 Å². The number of nitrogens with zero attached hydrogens (tertiary/aromatic N) is 1. The third-order valence-corrected chi connectivity index (χ3v) is 9.11. The zero-order valence-corrected chi connectivity index (χ0v) is 22.8. The number of benzene rings is 3. The van der Waals surface area contributed by atoms with Gasteiger partial charge in [0.25, 0.3) is 10.0 Å². The molecule has 0 spiro atoms. The first-order chi connectivity index (χ1) is 18.9. The van der Waals surface area contributed by atoms with E-state index in [4.69, 9.17) is 9.47 Å². The summed E-state index contributed by atoms with van der Waals surface area (Å²) in [6.45, 7) is 3.78. The molecule has 3 aromatic carbocycles. The SMILES string of the molecule is C[C@H]1[C@@H](CN2CCC[C@H]2CO)OC(c2cccc(NS(=O)(=O)c3ccccc3)c2)O[C@H]1c1ccc(CO)cc1. The molecule has 2 aliphatic heterocycles. The van der Waals surface area contributed by atoms with Crippen LogP contribution in [0, 0.1) is 5.92 Å². The number of hydrogen-bond donors (Lipinski definition) is 3. The van der Waals surface area contributed by atoms with Crippen molar-refractivity contribution >= 4 is 15.7 Å². The molecule has 8 nitrogen and oxygen atoms in total. The lowest BCUT2D eigenvalue weighted by Crippen LogP contribution is -2.46. The summed E-state index contributed by atoms with van der Waals surface area (Å²) >= 11 is 0. The Bertz CT molecular complexity index is 1340. The Morgan fingerprint density at radius 3 is 2.44 bits per heavy atom. The Kier molecular flexibility index (Phi) is 8.66. The molecule has 5 atom stereocenters. The van der Waals surface area contributed by atoms with Crippen molar-refractivity contribution in [1.29, 1.82) is 0 Å². The Morgan fingerprint density at radius 2 is 1.72 bits per heavy atom. The highest BCUT2D eigenvalue weighted by Crippen LogP contribution is 2.42. The average molecular weight is 553 g/mol. The maximum absolute atomic E-state index is 12.9. The van der Waals surface area contributed by atoms with Crippen LogP contribution in [0.5, 0.6) is 0 Å². The number of likely N-dealkylation sites (tertiary alicyclic amines) is 1. The highest BCUT2D eigenvalue weighted by molar-refractivity contribution is 7.92. The van der Waals surface area contributed by atoms with E-state index >= 15 is 0 Å². The van der Waals surface area contributed by atoms with Gasteiger partial charge in [-0.1, -0.05) is 61.5 Å². The summed E-state index contributed by atoms with van der Waals surface area (Å²) in [6.07, 6.45) is 0.837. The van der Waals surface area contributed by atoms with Crippen molar-refractivity contribution in [2.45, 2.75) is 55.8 Å². The zero-order valence-electron chi connectivity index (χ0n) is 22.0. The first-order valence-electron chi connectivity index (χ1n) is 13.4. The van der Waals surface area contributed by atoms with Crippen LogP contribution in [0.3, 0.4) is 0 Å². The molecule has 0 radical (unpaired) electrons. The van der Waals surface area contributed by atoms with E-state index in [0.29, 0.717) is 17.8 Å². The molecule has 0 saturated carbocycles. The molecular weight excluding hydrogens is 516 g/mol. The third-order valence-electron chi connectivity index (χ3n) is 7.71. The third kappa shape index (κ3) is 6.35. The lowest BCUT2D eigenvalue weighted by atomic mass is 9.90. The molecule has 9 heteroatoms. The van der Waals surface area contributed by atoms with E-state index in [1.54, 1.807) is 48.5 Å². The molecule has 0 amide bonds. The summed E-state index contributed by atoms with van der Waals surface area (Å²) < 4.78 is 41.6. The fraction of sp³-hybridized carbons (Fsp3) is 0.400. The minimum atomic E-state index is -3.75. The molecule has 2 heterocycles. The van der Waals surface area contributed by atoms with Gasteiger partial charge >= 0.3 is 0 Å².